The van der Waals surface area contributed by atoms with Crippen LogP contribution in [0.5, 0.6) is 0 Å². The van der Waals surface area contributed by atoms with E-state index in [0.717, 1.165) is 0 Å². The molecule has 6 heterocycles. The van der Waals surface area contributed by atoms with Crippen LogP contribution in [0.1, 0.15) is 139 Å². The lowest BCUT2D eigenvalue weighted by atomic mass is 9.59. The largest absolute Gasteiger partial charge is 0.306 e. The summed E-state index contributed by atoms with van der Waals surface area (Å²) < 4.78 is 5.19. The number of rotatable bonds is 2. The summed E-state index contributed by atoms with van der Waals surface area (Å²) in [7, 11) is 0. The predicted octanol–water partition coefficient (Wildman–Crippen LogP) is 17.2. The number of hydrogen-bond acceptors (Lipinski definition) is 2. The van der Waals surface area contributed by atoms with Crippen LogP contribution in [-0.2, 0) is 21.7 Å². The summed E-state index contributed by atoms with van der Waals surface area (Å²) >= 11 is 0. The van der Waals surface area contributed by atoms with Crippen LogP contribution in [0.2, 0.25) is 0 Å². The van der Waals surface area contributed by atoms with Crippen molar-refractivity contribution in [2.75, 3.05) is 0 Å². The third kappa shape index (κ3) is 4.48. The molecule has 4 nitrogen and oxygen atoms in total. The van der Waals surface area contributed by atoms with Crippen molar-refractivity contribution in [1.82, 2.24) is 18.8 Å². The van der Waals surface area contributed by atoms with E-state index in [9.17, 15) is 0 Å². The lowest BCUT2D eigenvalue weighted by Gasteiger charge is -2.44. The number of nitrogens with zero attached hydrogens (tertiary/aromatic N) is 4. The molecule has 2 aliphatic rings. The maximum atomic E-state index is 5.51. The fraction of sp³-hybridized carbons (Fsp3) is 0.375. The van der Waals surface area contributed by atoms with Crippen molar-refractivity contribution >= 4 is 76.2 Å². The second-order valence-corrected chi connectivity index (χ2v) is 25.2. The van der Waals surface area contributed by atoms with Crippen LogP contribution in [0.15, 0.2) is 73.1 Å². The van der Waals surface area contributed by atoms with E-state index >= 15 is 0 Å². The fourth-order valence-electron chi connectivity index (χ4n) is 15.1. The number of fused-ring (bicyclic) bond motifs is 16. The van der Waals surface area contributed by atoms with Gasteiger partial charge in [-0.1, -0.05) is 118 Å². The molecule has 0 amide bonds. The van der Waals surface area contributed by atoms with Crippen molar-refractivity contribution in [2.24, 2.45) is 10.8 Å². The number of pyridine rings is 2. The van der Waals surface area contributed by atoms with E-state index in [1.165, 1.54) is 154 Å². The number of benzene rings is 5. The highest BCUT2D eigenvalue weighted by Gasteiger charge is 2.60. The van der Waals surface area contributed by atoms with Gasteiger partial charge < -0.3 is 8.80 Å². The topological polar surface area (TPSA) is 34.6 Å². The van der Waals surface area contributed by atoms with Crippen molar-refractivity contribution < 1.29 is 0 Å². The number of aryl methyl sites for hydroxylation is 6. The molecule has 0 saturated heterocycles. The third-order valence-corrected chi connectivity index (χ3v) is 20.6. The fourth-order valence-corrected chi connectivity index (χ4v) is 15.1. The van der Waals surface area contributed by atoms with Gasteiger partial charge in [-0.25, -0.2) is 0 Å². The average molecular weight is 891 g/mol. The van der Waals surface area contributed by atoms with Crippen LogP contribution < -0.4 is 0 Å². The molecule has 0 N–H and O–H groups in total. The van der Waals surface area contributed by atoms with Gasteiger partial charge in [0.15, 0.2) is 0 Å². The molecule has 342 valence electrons. The van der Waals surface area contributed by atoms with E-state index in [0.29, 0.717) is 0 Å². The van der Waals surface area contributed by atoms with E-state index in [1.807, 2.05) is 0 Å². The van der Waals surface area contributed by atoms with Gasteiger partial charge in [-0.2, -0.15) is 0 Å². The predicted molar refractivity (Wildman–Crippen MR) is 290 cm³/mol. The molecular formula is C64H66N4. The molecule has 13 rings (SSSR count). The Morgan fingerprint density at radius 1 is 0.353 bits per heavy atom. The average Bonchev–Trinajstić information content (AvgIpc) is 3.99. The zero-order valence-corrected chi connectivity index (χ0v) is 43.7. The van der Waals surface area contributed by atoms with Crippen LogP contribution in [-0.4, -0.2) is 18.8 Å². The molecule has 6 aromatic heterocycles. The highest BCUT2D eigenvalue weighted by Crippen LogP contribution is 2.65. The summed E-state index contributed by atoms with van der Waals surface area (Å²) in [5, 5.41) is 10.5. The van der Waals surface area contributed by atoms with Crippen molar-refractivity contribution in [3.05, 3.63) is 129 Å². The maximum absolute atomic E-state index is 5.51. The first-order chi connectivity index (χ1) is 31.8. The van der Waals surface area contributed by atoms with Gasteiger partial charge in [-0.15, -0.1) is 0 Å². The zero-order chi connectivity index (χ0) is 48.2. The molecule has 0 spiro atoms. The Hall–Kier alpha value is -6.00. The van der Waals surface area contributed by atoms with Gasteiger partial charge in [0.25, 0.3) is 0 Å². The molecule has 0 bridgehead atoms. The minimum atomic E-state index is -0.126. The van der Waals surface area contributed by atoms with Crippen molar-refractivity contribution in [3.63, 3.8) is 0 Å². The first-order valence-electron chi connectivity index (χ1n) is 25.2. The summed E-state index contributed by atoms with van der Waals surface area (Å²) in [6, 6.07) is 24.6. The summed E-state index contributed by atoms with van der Waals surface area (Å²) in [4.78, 5) is 11.0. The Labute approximate surface area is 401 Å². The van der Waals surface area contributed by atoms with Crippen molar-refractivity contribution in [3.8, 4) is 22.3 Å². The number of aromatic nitrogens is 4. The second-order valence-electron chi connectivity index (χ2n) is 25.2. The van der Waals surface area contributed by atoms with Crippen molar-refractivity contribution in [2.45, 2.75) is 146 Å². The first-order valence-corrected chi connectivity index (χ1v) is 25.2. The molecule has 0 saturated carbocycles. The Kier molecular flexibility index (Phi) is 7.58. The molecule has 0 fully saturated rings. The van der Waals surface area contributed by atoms with Crippen LogP contribution in [0.3, 0.4) is 0 Å². The highest BCUT2D eigenvalue weighted by atomic mass is 15.0. The summed E-state index contributed by atoms with van der Waals surface area (Å²) in [5.74, 6) is 0. The molecule has 2 aliphatic carbocycles. The van der Waals surface area contributed by atoms with Gasteiger partial charge in [-0.05, 0) is 155 Å². The van der Waals surface area contributed by atoms with Gasteiger partial charge in [-0.3, -0.25) is 9.97 Å². The molecule has 5 aromatic carbocycles. The Balaban J connectivity index is 1.25. The first kappa shape index (κ1) is 42.1. The molecule has 0 aliphatic heterocycles. The molecular weight excluding hydrogens is 825 g/mol. The second kappa shape index (κ2) is 12.2. The van der Waals surface area contributed by atoms with E-state index in [-0.39, 0.29) is 32.5 Å². The molecule has 0 atom stereocenters. The monoisotopic (exact) mass is 891 g/mol. The summed E-state index contributed by atoms with van der Waals surface area (Å²) in [5.41, 5.74) is 25.4. The maximum Gasteiger partial charge on any atom is 0.0728 e. The normalized spacial score (nSPS) is 18.9. The minimum absolute atomic E-state index is 0.0258. The third-order valence-electron chi connectivity index (χ3n) is 20.6. The summed E-state index contributed by atoms with van der Waals surface area (Å²) in [6.07, 6.45) is 4.44. The Morgan fingerprint density at radius 3 is 1.01 bits per heavy atom. The molecule has 4 heteroatoms. The van der Waals surface area contributed by atoms with E-state index in [2.05, 4.69) is 206 Å². The Morgan fingerprint density at radius 2 is 0.676 bits per heavy atom. The molecule has 0 unspecified atom stereocenters. The van der Waals surface area contributed by atoms with Gasteiger partial charge in [0, 0.05) is 53.9 Å². The highest BCUT2D eigenvalue weighted by molar-refractivity contribution is 6.30. The van der Waals surface area contributed by atoms with E-state index < -0.39 is 0 Å². The Bertz CT molecular complexity index is 3820. The van der Waals surface area contributed by atoms with Gasteiger partial charge in [0.05, 0.1) is 56.9 Å². The SMILES string of the molecule is Cc1cc(C)c(-c2cc3c4cc5c(cc4n4c6cnc7c(c6c(c2)c34)C(C)(C)C(C)(C)C7(C)C)c2cc(-c3c(C)cc(C)cc3C)cc3c4c6c(ncc4n5c23)C(C)(C)C(C)(C)C6(C)C)c(C)c1. The standard InChI is InChI=1S/C64H66N4/c1-31-19-33(3)49(34(4)20-31)37-23-41-39-27-46-40(28-45(39)67-47-29-65-57-53(51(47)43(25-37)55(41)67)59(7,8)63(15,16)61(57,11)12)42-24-38(50-35(5)21-32(2)22-36(50)6)26-44-52-48(68(46)56(42)44)30-66-58-54(52)60(9,10)64(17,18)62(58,13)14/h19-30H,1-18H3. The minimum Gasteiger partial charge on any atom is -0.306 e. The molecule has 11 aromatic rings. The molecule has 68 heavy (non-hydrogen) atoms. The van der Waals surface area contributed by atoms with Gasteiger partial charge >= 0.3 is 0 Å². The lowest BCUT2D eigenvalue weighted by molar-refractivity contribution is 0.124. The van der Waals surface area contributed by atoms with Crippen LogP contribution >= 0.6 is 0 Å². The lowest BCUT2D eigenvalue weighted by Crippen LogP contribution is -2.42. The zero-order valence-electron chi connectivity index (χ0n) is 43.7. The van der Waals surface area contributed by atoms with Crippen LogP contribution in [0, 0.1) is 52.4 Å². The quantitative estimate of drug-likeness (QED) is 0.173. The number of hydrogen-bond donors (Lipinski definition) is 0. The van der Waals surface area contributed by atoms with Gasteiger partial charge in [0.1, 0.15) is 0 Å². The van der Waals surface area contributed by atoms with E-state index in [4.69, 9.17) is 9.97 Å². The smallest absolute Gasteiger partial charge is 0.0728 e. The van der Waals surface area contributed by atoms with Gasteiger partial charge in [0.2, 0.25) is 0 Å². The van der Waals surface area contributed by atoms with E-state index in [1.54, 1.807) is 0 Å². The van der Waals surface area contributed by atoms with Crippen molar-refractivity contribution in [1.29, 1.82) is 0 Å². The summed E-state index contributed by atoms with van der Waals surface area (Å²) in [6.45, 7) is 43.0. The van der Waals surface area contributed by atoms with Crippen LogP contribution in [0.25, 0.3) is 98.4 Å². The molecule has 0 radical (unpaired) electrons. The van der Waals surface area contributed by atoms with Crippen LogP contribution in [0.4, 0.5) is 0 Å².